The van der Waals surface area contributed by atoms with Gasteiger partial charge in [-0.1, -0.05) is 19.9 Å². The van der Waals surface area contributed by atoms with Gasteiger partial charge in [-0.05, 0) is 24.6 Å². The lowest BCUT2D eigenvalue weighted by Gasteiger charge is -2.12. The number of nitrogens with one attached hydrogen (secondary N) is 1. The van der Waals surface area contributed by atoms with Crippen LogP contribution in [-0.2, 0) is 6.54 Å². The summed E-state index contributed by atoms with van der Waals surface area (Å²) in [6.07, 6.45) is 0. The average molecular weight is 223 g/mol. The molecule has 0 radical (unpaired) electrons. The van der Waals surface area contributed by atoms with E-state index in [1.54, 1.807) is 7.11 Å². The van der Waals surface area contributed by atoms with Crippen LogP contribution < -0.4 is 14.8 Å². The molecule has 1 N–H and O–H groups in total. The second-order valence-corrected chi connectivity index (χ2v) is 3.95. The monoisotopic (exact) mass is 223 g/mol. The maximum absolute atomic E-state index is 5.46. The van der Waals surface area contributed by atoms with Gasteiger partial charge in [0.2, 0.25) is 0 Å². The van der Waals surface area contributed by atoms with E-state index >= 15 is 0 Å². The van der Waals surface area contributed by atoms with Crippen molar-refractivity contribution in [2.75, 3.05) is 13.7 Å². The number of ether oxygens (including phenoxy) is 2. The molecule has 0 amide bonds. The van der Waals surface area contributed by atoms with Crippen molar-refractivity contribution in [1.29, 1.82) is 0 Å². The molecule has 1 aromatic carbocycles. The molecule has 90 valence electrons. The molecular weight excluding hydrogens is 202 g/mol. The first kappa shape index (κ1) is 12.8. The zero-order valence-corrected chi connectivity index (χ0v) is 10.5. The lowest BCUT2D eigenvalue weighted by Crippen LogP contribution is -2.21. The maximum Gasteiger partial charge on any atom is 0.161 e. The smallest absolute Gasteiger partial charge is 0.161 e. The van der Waals surface area contributed by atoms with Gasteiger partial charge in [-0.2, -0.15) is 0 Å². The van der Waals surface area contributed by atoms with Crippen LogP contribution in [0.4, 0.5) is 0 Å². The summed E-state index contributed by atoms with van der Waals surface area (Å²) in [5.74, 6) is 1.60. The Morgan fingerprint density at radius 3 is 2.56 bits per heavy atom. The summed E-state index contributed by atoms with van der Waals surface area (Å²) in [5.41, 5.74) is 1.20. The molecule has 0 aliphatic carbocycles. The molecule has 0 fully saturated rings. The standard InChI is InChI=1S/C13H21NO2/c1-5-16-12-7-6-11(8-13(12)15-4)9-14-10(2)3/h6-8,10,14H,5,9H2,1-4H3. The normalized spacial score (nSPS) is 10.6. The minimum atomic E-state index is 0.484. The number of methoxy groups -OCH3 is 1. The number of hydrogen-bond donors (Lipinski definition) is 1. The van der Waals surface area contributed by atoms with Crippen molar-refractivity contribution < 1.29 is 9.47 Å². The van der Waals surface area contributed by atoms with Crippen LogP contribution in [0, 0.1) is 0 Å². The topological polar surface area (TPSA) is 30.5 Å². The maximum atomic E-state index is 5.46. The molecular formula is C13H21NO2. The molecule has 0 heterocycles. The zero-order valence-electron chi connectivity index (χ0n) is 10.5. The van der Waals surface area contributed by atoms with E-state index in [1.807, 2.05) is 19.1 Å². The molecule has 0 atom stereocenters. The van der Waals surface area contributed by atoms with E-state index in [0.29, 0.717) is 12.6 Å². The van der Waals surface area contributed by atoms with Crippen LogP contribution in [0.15, 0.2) is 18.2 Å². The van der Waals surface area contributed by atoms with E-state index in [0.717, 1.165) is 18.0 Å². The molecule has 0 aliphatic heterocycles. The van der Waals surface area contributed by atoms with Crippen molar-refractivity contribution in [2.24, 2.45) is 0 Å². The van der Waals surface area contributed by atoms with Gasteiger partial charge in [-0.25, -0.2) is 0 Å². The van der Waals surface area contributed by atoms with Crippen molar-refractivity contribution in [3.05, 3.63) is 23.8 Å². The summed E-state index contributed by atoms with van der Waals surface area (Å²) in [5, 5.41) is 3.37. The highest BCUT2D eigenvalue weighted by molar-refractivity contribution is 5.42. The number of benzene rings is 1. The molecule has 3 heteroatoms. The van der Waals surface area contributed by atoms with E-state index in [9.17, 15) is 0 Å². The fourth-order valence-corrected chi connectivity index (χ4v) is 1.42. The van der Waals surface area contributed by atoms with E-state index in [1.165, 1.54) is 5.56 Å². The van der Waals surface area contributed by atoms with Crippen molar-refractivity contribution in [3.63, 3.8) is 0 Å². The van der Waals surface area contributed by atoms with E-state index < -0.39 is 0 Å². The molecule has 0 bridgehead atoms. The molecule has 0 saturated carbocycles. The molecule has 1 rings (SSSR count). The predicted octanol–water partition coefficient (Wildman–Crippen LogP) is 2.59. The zero-order chi connectivity index (χ0) is 12.0. The van der Waals surface area contributed by atoms with Crippen molar-refractivity contribution in [1.82, 2.24) is 5.32 Å². The highest BCUT2D eigenvalue weighted by Gasteiger charge is 2.05. The quantitative estimate of drug-likeness (QED) is 0.804. The Morgan fingerprint density at radius 2 is 2.00 bits per heavy atom. The van der Waals surface area contributed by atoms with Crippen LogP contribution >= 0.6 is 0 Å². The van der Waals surface area contributed by atoms with Gasteiger partial charge in [0.1, 0.15) is 0 Å². The first-order valence-corrected chi connectivity index (χ1v) is 5.70. The predicted molar refractivity (Wildman–Crippen MR) is 66.1 cm³/mol. The van der Waals surface area contributed by atoms with Crippen molar-refractivity contribution >= 4 is 0 Å². The molecule has 0 aromatic heterocycles. The molecule has 0 unspecified atom stereocenters. The second kappa shape index (κ2) is 6.38. The summed E-state index contributed by atoms with van der Waals surface area (Å²) < 4.78 is 10.8. The Hall–Kier alpha value is -1.22. The summed E-state index contributed by atoms with van der Waals surface area (Å²) in [4.78, 5) is 0. The Bertz CT molecular complexity index is 324. The Kier molecular flexibility index (Phi) is 5.12. The van der Waals surface area contributed by atoms with Crippen LogP contribution in [0.25, 0.3) is 0 Å². The van der Waals surface area contributed by atoms with Crippen molar-refractivity contribution in [2.45, 2.75) is 33.4 Å². The van der Waals surface area contributed by atoms with E-state index in [-0.39, 0.29) is 0 Å². The van der Waals surface area contributed by atoms with Gasteiger partial charge in [0.05, 0.1) is 13.7 Å². The van der Waals surface area contributed by atoms with Gasteiger partial charge >= 0.3 is 0 Å². The fourth-order valence-electron chi connectivity index (χ4n) is 1.42. The van der Waals surface area contributed by atoms with Crippen LogP contribution in [0.2, 0.25) is 0 Å². The van der Waals surface area contributed by atoms with Gasteiger partial charge in [0.25, 0.3) is 0 Å². The van der Waals surface area contributed by atoms with Gasteiger partial charge in [0, 0.05) is 12.6 Å². The van der Waals surface area contributed by atoms with Crippen molar-refractivity contribution in [3.8, 4) is 11.5 Å². The Morgan fingerprint density at radius 1 is 1.25 bits per heavy atom. The fraction of sp³-hybridized carbons (Fsp3) is 0.538. The molecule has 0 saturated heterocycles. The largest absolute Gasteiger partial charge is 0.493 e. The van der Waals surface area contributed by atoms with Crippen LogP contribution in [0.3, 0.4) is 0 Å². The van der Waals surface area contributed by atoms with E-state index in [4.69, 9.17) is 9.47 Å². The van der Waals surface area contributed by atoms with Crippen LogP contribution in [-0.4, -0.2) is 19.8 Å². The Labute approximate surface area is 97.8 Å². The molecule has 1 aromatic rings. The summed E-state index contributed by atoms with van der Waals surface area (Å²) in [6, 6.07) is 6.51. The third-order valence-electron chi connectivity index (χ3n) is 2.24. The van der Waals surface area contributed by atoms with Crippen LogP contribution in [0.5, 0.6) is 11.5 Å². The second-order valence-electron chi connectivity index (χ2n) is 3.95. The Balaban J connectivity index is 2.74. The lowest BCUT2D eigenvalue weighted by atomic mass is 10.2. The number of hydrogen-bond acceptors (Lipinski definition) is 3. The first-order chi connectivity index (χ1) is 7.67. The first-order valence-electron chi connectivity index (χ1n) is 5.70. The highest BCUT2D eigenvalue weighted by atomic mass is 16.5. The van der Waals surface area contributed by atoms with Gasteiger partial charge in [0.15, 0.2) is 11.5 Å². The minimum Gasteiger partial charge on any atom is -0.493 e. The lowest BCUT2D eigenvalue weighted by molar-refractivity contribution is 0.310. The van der Waals surface area contributed by atoms with Gasteiger partial charge < -0.3 is 14.8 Å². The number of rotatable bonds is 6. The molecule has 3 nitrogen and oxygen atoms in total. The molecule has 0 aliphatic rings. The highest BCUT2D eigenvalue weighted by Crippen LogP contribution is 2.27. The SMILES string of the molecule is CCOc1ccc(CNC(C)C)cc1OC. The summed E-state index contributed by atoms with van der Waals surface area (Å²) >= 11 is 0. The third-order valence-corrected chi connectivity index (χ3v) is 2.24. The average Bonchev–Trinajstić information content (AvgIpc) is 2.28. The summed E-state index contributed by atoms with van der Waals surface area (Å²) in [7, 11) is 1.66. The van der Waals surface area contributed by atoms with E-state index in [2.05, 4.69) is 25.2 Å². The third kappa shape index (κ3) is 3.74. The summed E-state index contributed by atoms with van der Waals surface area (Å²) in [6.45, 7) is 7.73. The molecule has 16 heavy (non-hydrogen) atoms. The van der Waals surface area contributed by atoms with Gasteiger partial charge in [-0.15, -0.1) is 0 Å². The van der Waals surface area contributed by atoms with Crippen LogP contribution in [0.1, 0.15) is 26.3 Å². The molecule has 0 spiro atoms. The minimum absolute atomic E-state index is 0.484. The van der Waals surface area contributed by atoms with Gasteiger partial charge in [-0.3, -0.25) is 0 Å².